The first-order valence-electron chi connectivity index (χ1n) is 14.9. The second kappa shape index (κ2) is 10.2. The molecule has 5 nitrogen and oxygen atoms in total. The van der Waals surface area contributed by atoms with E-state index in [1.165, 1.54) is 0 Å². The van der Waals surface area contributed by atoms with Crippen molar-refractivity contribution in [3.8, 4) is 22.3 Å². The summed E-state index contributed by atoms with van der Waals surface area (Å²) in [7, 11) is 0. The molecule has 0 unspecified atom stereocenters. The van der Waals surface area contributed by atoms with E-state index in [9.17, 15) is 0 Å². The Balaban J connectivity index is 1.28. The maximum absolute atomic E-state index is 6.27. The molecular formula is C40H25N3O2. The third-order valence-electron chi connectivity index (χ3n) is 8.35. The molecular weight excluding hydrogens is 554 g/mol. The van der Waals surface area contributed by atoms with Crippen LogP contribution in [0.15, 0.2) is 161 Å². The van der Waals surface area contributed by atoms with Crippen molar-refractivity contribution >= 4 is 61.2 Å². The zero-order chi connectivity index (χ0) is 29.7. The number of anilines is 3. The van der Waals surface area contributed by atoms with E-state index < -0.39 is 0 Å². The standard InChI is InChI=1S/C40H25N3O2/c1-3-11-26(12-4-1)31-20-19-28(21-34(31)27-13-5-2-6-14-27)43(29-22-37-39(41-24-29)32-15-7-9-17-35(32)44-37)30-23-38-40(42-25-30)33-16-8-10-18-36(33)45-38/h1-25H. The summed E-state index contributed by atoms with van der Waals surface area (Å²) in [5.74, 6) is 0. The Morgan fingerprint density at radius 2 is 0.889 bits per heavy atom. The molecule has 0 aliphatic carbocycles. The number of pyridine rings is 2. The van der Waals surface area contributed by atoms with E-state index in [2.05, 4.69) is 83.8 Å². The summed E-state index contributed by atoms with van der Waals surface area (Å²) in [6.45, 7) is 0. The minimum absolute atomic E-state index is 0.723. The van der Waals surface area contributed by atoms with Gasteiger partial charge in [-0.05, 0) is 58.7 Å². The van der Waals surface area contributed by atoms with E-state index in [1.807, 2.05) is 73.1 Å². The first-order valence-corrected chi connectivity index (χ1v) is 14.9. The fourth-order valence-electron chi connectivity index (χ4n) is 6.26. The highest BCUT2D eigenvalue weighted by atomic mass is 16.3. The average molecular weight is 580 g/mol. The smallest absolute Gasteiger partial charge is 0.155 e. The van der Waals surface area contributed by atoms with Crippen LogP contribution in [0.4, 0.5) is 17.1 Å². The largest absolute Gasteiger partial charge is 0.454 e. The van der Waals surface area contributed by atoms with E-state index in [-0.39, 0.29) is 0 Å². The van der Waals surface area contributed by atoms with Gasteiger partial charge in [0.05, 0.1) is 23.8 Å². The molecule has 0 fully saturated rings. The molecule has 4 aromatic heterocycles. The molecule has 0 aliphatic rings. The van der Waals surface area contributed by atoms with Crippen LogP contribution in [0, 0.1) is 0 Å². The minimum Gasteiger partial charge on any atom is -0.454 e. The molecule has 0 radical (unpaired) electrons. The second-order valence-corrected chi connectivity index (χ2v) is 11.1. The lowest BCUT2D eigenvalue weighted by molar-refractivity contribution is 0.668. The van der Waals surface area contributed by atoms with Gasteiger partial charge in [0.15, 0.2) is 11.2 Å². The van der Waals surface area contributed by atoms with Gasteiger partial charge in [0.25, 0.3) is 0 Å². The van der Waals surface area contributed by atoms with Crippen molar-refractivity contribution in [2.75, 3.05) is 4.90 Å². The molecule has 0 aliphatic heterocycles. The maximum atomic E-state index is 6.27. The summed E-state index contributed by atoms with van der Waals surface area (Å²) in [6, 6.07) is 47.7. The van der Waals surface area contributed by atoms with Gasteiger partial charge in [-0.25, -0.2) is 9.97 Å². The van der Waals surface area contributed by atoms with Gasteiger partial charge in [0.2, 0.25) is 0 Å². The number of aromatic nitrogens is 2. The summed E-state index contributed by atoms with van der Waals surface area (Å²) >= 11 is 0. The van der Waals surface area contributed by atoms with E-state index in [4.69, 9.17) is 18.8 Å². The van der Waals surface area contributed by atoms with Crippen LogP contribution in [0.1, 0.15) is 0 Å². The molecule has 0 spiro atoms. The molecule has 5 aromatic carbocycles. The van der Waals surface area contributed by atoms with Crippen molar-refractivity contribution in [3.63, 3.8) is 0 Å². The van der Waals surface area contributed by atoms with Crippen molar-refractivity contribution in [1.29, 1.82) is 0 Å². The molecule has 9 aromatic rings. The predicted octanol–water partition coefficient (Wildman–Crippen LogP) is 11.1. The number of nitrogens with zero attached hydrogens (tertiary/aromatic N) is 3. The fourth-order valence-corrected chi connectivity index (χ4v) is 6.26. The maximum Gasteiger partial charge on any atom is 0.155 e. The molecule has 5 heteroatoms. The summed E-state index contributed by atoms with van der Waals surface area (Å²) < 4.78 is 12.5. The fraction of sp³-hybridized carbons (Fsp3) is 0. The van der Waals surface area contributed by atoms with Gasteiger partial charge in [0, 0.05) is 28.6 Å². The van der Waals surface area contributed by atoms with E-state index >= 15 is 0 Å². The van der Waals surface area contributed by atoms with Crippen molar-refractivity contribution in [2.45, 2.75) is 0 Å². The van der Waals surface area contributed by atoms with Crippen molar-refractivity contribution in [3.05, 3.63) is 152 Å². The zero-order valence-electron chi connectivity index (χ0n) is 24.1. The van der Waals surface area contributed by atoms with Gasteiger partial charge in [-0.3, -0.25) is 0 Å². The lowest BCUT2D eigenvalue weighted by Crippen LogP contribution is -2.11. The Hall–Kier alpha value is -6.20. The molecule has 4 heterocycles. The Kier molecular flexibility index (Phi) is 5.74. The van der Waals surface area contributed by atoms with Crippen LogP contribution in [-0.2, 0) is 0 Å². The topological polar surface area (TPSA) is 55.3 Å². The van der Waals surface area contributed by atoms with Crippen LogP contribution in [-0.4, -0.2) is 9.97 Å². The number of para-hydroxylation sites is 2. The van der Waals surface area contributed by atoms with Gasteiger partial charge in [-0.15, -0.1) is 0 Å². The molecule has 0 saturated carbocycles. The monoisotopic (exact) mass is 579 g/mol. The number of furan rings is 2. The van der Waals surface area contributed by atoms with Crippen molar-refractivity contribution in [1.82, 2.24) is 9.97 Å². The van der Waals surface area contributed by atoms with E-state index in [0.717, 1.165) is 83.5 Å². The molecule has 212 valence electrons. The van der Waals surface area contributed by atoms with Crippen LogP contribution in [0.2, 0.25) is 0 Å². The third-order valence-corrected chi connectivity index (χ3v) is 8.35. The summed E-state index contributed by atoms with van der Waals surface area (Å²) in [5.41, 5.74) is 12.0. The molecule has 0 bridgehead atoms. The molecule has 9 rings (SSSR count). The van der Waals surface area contributed by atoms with Crippen LogP contribution in [0.5, 0.6) is 0 Å². The number of hydrogen-bond donors (Lipinski definition) is 0. The van der Waals surface area contributed by atoms with Gasteiger partial charge in [-0.2, -0.15) is 0 Å². The van der Waals surface area contributed by atoms with E-state index in [1.54, 1.807) is 0 Å². The van der Waals surface area contributed by atoms with Gasteiger partial charge >= 0.3 is 0 Å². The number of hydrogen-bond acceptors (Lipinski definition) is 5. The van der Waals surface area contributed by atoms with Crippen molar-refractivity contribution in [2.24, 2.45) is 0 Å². The van der Waals surface area contributed by atoms with Gasteiger partial charge in [-0.1, -0.05) is 91.0 Å². The van der Waals surface area contributed by atoms with Crippen LogP contribution >= 0.6 is 0 Å². The first-order chi connectivity index (χ1) is 22.3. The van der Waals surface area contributed by atoms with Crippen molar-refractivity contribution < 1.29 is 8.83 Å². The predicted molar refractivity (Wildman–Crippen MR) is 182 cm³/mol. The Labute approximate surface area is 258 Å². The molecule has 0 saturated heterocycles. The SMILES string of the molecule is c1ccc(-c2ccc(N(c3cnc4c(c3)oc3ccccc34)c3cnc4c(c3)oc3ccccc34)cc2-c2ccccc2)cc1. The molecule has 0 atom stereocenters. The lowest BCUT2D eigenvalue weighted by Gasteiger charge is -2.26. The normalized spacial score (nSPS) is 11.6. The van der Waals surface area contributed by atoms with Crippen LogP contribution < -0.4 is 4.90 Å². The van der Waals surface area contributed by atoms with Gasteiger partial charge in [0.1, 0.15) is 22.2 Å². The number of fused-ring (bicyclic) bond motifs is 6. The highest BCUT2D eigenvalue weighted by molar-refractivity contribution is 6.05. The Morgan fingerprint density at radius 3 is 1.44 bits per heavy atom. The summed E-state index contributed by atoms with van der Waals surface area (Å²) in [4.78, 5) is 12.0. The molecule has 0 N–H and O–H groups in total. The Morgan fingerprint density at radius 1 is 0.400 bits per heavy atom. The second-order valence-electron chi connectivity index (χ2n) is 11.1. The highest BCUT2D eigenvalue weighted by Gasteiger charge is 2.20. The average Bonchev–Trinajstić information content (AvgIpc) is 3.67. The first kappa shape index (κ1) is 25.3. The minimum atomic E-state index is 0.723. The van der Waals surface area contributed by atoms with Crippen LogP contribution in [0.3, 0.4) is 0 Å². The van der Waals surface area contributed by atoms with Gasteiger partial charge < -0.3 is 13.7 Å². The molecule has 0 amide bonds. The zero-order valence-corrected chi connectivity index (χ0v) is 24.1. The quantitative estimate of drug-likeness (QED) is 0.203. The highest BCUT2D eigenvalue weighted by Crippen LogP contribution is 2.42. The van der Waals surface area contributed by atoms with Crippen LogP contribution in [0.25, 0.3) is 66.4 Å². The summed E-state index contributed by atoms with van der Waals surface area (Å²) in [5, 5.41) is 1.99. The number of rotatable bonds is 5. The number of benzene rings is 5. The molecule has 45 heavy (non-hydrogen) atoms. The Bertz CT molecular complexity index is 2380. The lowest BCUT2D eigenvalue weighted by atomic mass is 9.93. The summed E-state index contributed by atoms with van der Waals surface area (Å²) in [6.07, 6.45) is 3.81. The van der Waals surface area contributed by atoms with E-state index in [0.29, 0.717) is 0 Å². The third kappa shape index (κ3) is 4.25.